The minimum atomic E-state index is -0.215. The van der Waals surface area contributed by atoms with Crippen LogP contribution >= 0.6 is 0 Å². The van der Waals surface area contributed by atoms with E-state index in [1.165, 1.54) is 6.08 Å². The number of amides is 1. The van der Waals surface area contributed by atoms with Crippen LogP contribution in [0.1, 0.15) is 0 Å². The lowest BCUT2D eigenvalue weighted by Gasteiger charge is -2.00. The van der Waals surface area contributed by atoms with Gasteiger partial charge in [-0.15, -0.1) is 0 Å². The monoisotopic (exact) mass is 187 g/mol. The minimum absolute atomic E-state index is 0.215. The van der Waals surface area contributed by atoms with Gasteiger partial charge in [0.15, 0.2) is 0 Å². The summed E-state index contributed by atoms with van der Waals surface area (Å²) in [4.78, 5) is 11.0. The summed E-state index contributed by atoms with van der Waals surface area (Å²) in [6.45, 7) is 3.38. The number of furan rings is 1. The Hall–Kier alpha value is -2.03. The lowest BCUT2D eigenvalue weighted by molar-refractivity contribution is -0.111. The van der Waals surface area contributed by atoms with Gasteiger partial charge < -0.3 is 9.73 Å². The normalized spacial score (nSPS) is 10.0. The van der Waals surface area contributed by atoms with Crippen LogP contribution in [0.3, 0.4) is 0 Å². The second-order valence-electron chi connectivity index (χ2n) is 2.87. The van der Waals surface area contributed by atoms with Crippen LogP contribution in [-0.4, -0.2) is 5.91 Å². The van der Waals surface area contributed by atoms with Crippen LogP contribution in [0.15, 0.2) is 47.6 Å². The maximum atomic E-state index is 11.0. The number of carbonyl (C=O) groups is 1. The molecule has 0 atom stereocenters. The molecular weight excluding hydrogens is 178 g/mol. The van der Waals surface area contributed by atoms with Crippen LogP contribution in [0.5, 0.6) is 0 Å². The number of anilines is 1. The van der Waals surface area contributed by atoms with Crippen molar-refractivity contribution in [1.29, 1.82) is 0 Å². The Morgan fingerprint density at radius 3 is 3.07 bits per heavy atom. The summed E-state index contributed by atoms with van der Waals surface area (Å²) in [7, 11) is 0. The molecule has 0 saturated heterocycles. The summed E-state index contributed by atoms with van der Waals surface area (Å²) in [5.74, 6) is -0.215. The average molecular weight is 187 g/mol. The number of carbonyl (C=O) groups excluding carboxylic acids is 1. The Kier molecular flexibility index (Phi) is 2.07. The van der Waals surface area contributed by atoms with Crippen LogP contribution in [0, 0.1) is 0 Å². The molecule has 1 amide bonds. The Balaban J connectivity index is 2.34. The lowest BCUT2D eigenvalue weighted by atomic mass is 10.2. The molecule has 2 rings (SSSR count). The van der Waals surface area contributed by atoms with Gasteiger partial charge in [0.1, 0.15) is 5.58 Å². The van der Waals surface area contributed by atoms with Gasteiger partial charge in [-0.2, -0.15) is 0 Å². The van der Waals surface area contributed by atoms with E-state index in [0.29, 0.717) is 0 Å². The first-order valence-electron chi connectivity index (χ1n) is 4.20. The maximum absolute atomic E-state index is 11.0. The van der Waals surface area contributed by atoms with Gasteiger partial charge in [-0.25, -0.2) is 0 Å². The molecule has 0 aliphatic carbocycles. The van der Waals surface area contributed by atoms with Gasteiger partial charge in [-0.3, -0.25) is 4.79 Å². The summed E-state index contributed by atoms with van der Waals surface area (Å²) < 4.78 is 5.17. The van der Waals surface area contributed by atoms with Gasteiger partial charge in [0.25, 0.3) is 0 Å². The van der Waals surface area contributed by atoms with Gasteiger partial charge in [0.2, 0.25) is 5.91 Å². The third-order valence-electron chi connectivity index (χ3n) is 1.91. The highest BCUT2D eigenvalue weighted by Crippen LogP contribution is 2.19. The molecule has 0 radical (unpaired) electrons. The van der Waals surface area contributed by atoms with Crippen molar-refractivity contribution >= 4 is 22.6 Å². The van der Waals surface area contributed by atoms with E-state index in [4.69, 9.17) is 4.42 Å². The van der Waals surface area contributed by atoms with E-state index in [9.17, 15) is 4.79 Å². The Labute approximate surface area is 81.0 Å². The number of nitrogens with one attached hydrogen (secondary N) is 1. The molecule has 70 valence electrons. The fraction of sp³-hybridized carbons (Fsp3) is 0. The average Bonchev–Trinajstić information content (AvgIpc) is 2.64. The van der Waals surface area contributed by atoms with Crippen molar-refractivity contribution < 1.29 is 9.21 Å². The largest absolute Gasteiger partial charge is 0.464 e. The van der Waals surface area contributed by atoms with Crippen LogP contribution in [0.25, 0.3) is 11.0 Å². The third kappa shape index (κ3) is 1.52. The highest BCUT2D eigenvalue weighted by Gasteiger charge is 2.00. The molecule has 1 aromatic carbocycles. The molecule has 3 heteroatoms. The second kappa shape index (κ2) is 3.38. The zero-order valence-corrected chi connectivity index (χ0v) is 7.49. The molecule has 2 aromatic rings. The smallest absolute Gasteiger partial charge is 0.247 e. The second-order valence-corrected chi connectivity index (χ2v) is 2.87. The molecular formula is C11H9NO2. The molecule has 1 aromatic heterocycles. The van der Waals surface area contributed by atoms with E-state index in [1.54, 1.807) is 12.3 Å². The first kappa shape index (κ1) is 8.56. The molecule has 0 aliphatic rings. The summed E-state index contributed by atoms with van der Waals surface area (Å²) >= 11 is 0. The van der Waals surface area contributed by atoms with E-state index < -0.39 is 0 Å². The van der Waals surface area contributed by atoms with E-state index in [1.807, 2.05) is 18.2 Å². The topological polar surface area (TPSA) is 42.2 Å². The standard InChI is InChI=1S/C11H9NO2/c1-2-11(13)12-9-3-4-10-8(7-9)5-6-14-10/h2-7H,1H2,(H,12,13). The highest BCUT2D eigenvalue weighted by molar-refractivity contribution is 6.00. The molecule has 14 heavy (non-hydrogen) atoms. The van der Waals surface area contributed by atoms with E-state index >= 15 is 0 Å². The van der Waals surface area contributed by atoms with Crippen molar-refractivity contribution in [2.45, 2.75) is 0 Å². The van der Waals surface area contributed by atoms with E-state index in [0.717, 1.165) is 16.7 Å². The maximum Gasteiger partial charge on any atom is 0.247 e. The number of rotatable bonds is 2. The highest BCUT2D eigenvalue weighted by atomic mass is 16.3. The molecule has 0 spiro atoms. The Morgan fingerprint density at radius 2 is 2.29 bits per heavy atom. The molecule has 0 saturated carbocycles. The quantitative estimate of drug-likeness (QED) is 0.734. The minimum Gasteiger partial charge on any atom is -0.464 e. The first-order valence-corrected chi connectivity index (χ1v) is 4.20. The fourth-order valence-corrected chi connectivity index (χ4v) is 1.24. The summed E-state index contributed by atoms with van der Waals surface area (Å²) in [6, 6.07) is 7.29. The van der Waals surface area contributed by atoms with Crippen molar-refractivity contribution in [3.05, 3.63) is 43.2 Å². The number of fused-ring (bicyclic) bond motifs is 1. The molecule has 0 fully saturated rings. The Morgan fingerprint density at radius 1 is 1.43 bits per heavy atom. The van der Waals surface area contributed by atoms with Crippen molar-refractivity contribution in [1.82, 2.24) is 0 Å². The molecule has 1 heterocycles. The van der Waals surface area contributed by atoms with E-state index in [2.05, 4.69) is 11.9 Å². The van der Waals surface area contributed by atoms with Crippen LogP contribution in [0.2, 0.25) is 0 Å². The van der Waals surface area contributed by atoms with Gasteiger partial charge >= 0.3 is 0 Å². The third-order valence-corrected chi connectivity index (χ3v) is 1.91. The zero-order valence-electron chi connectivity index (χ0n) is 7.49. The summed E-state index contributed by atoms with van der Waals surface area (Å²) in [5, 5.41) is 3.64. The first-order chi connectivity index (χ1) is 6.79. The van der Waals surface area contributed by atoms with Crippen molar-refractivity contribution in [2.75, 3.05) is 5.32 Å². The molecule has 0 bridgehead atoms. The zero-order chi connectivity index (χ0) is 9.97. The van der Waals surface area contributed by atoms with Crippen LogP contribution < -0.4 is 5.32 Å². The molecule has 1 N–H and O–H groups in total. The lowest BCUT2D eigenvalue weighted by Crippen LogP contribution is -2.06. The number of hydrogen-bond acceptors (Lipinski definition) is 2. The fourth-order valence-electron chi connectivity index (χ4n) is 1.24. The van der Waals surface area contributed by atoms with Crippen molar-refractivity contribution in [3.8, 4) is 0 Å². The molecule has 0 aliphatic heterocycles. The SMILES string of the molecule is C=CC(=O)Nc1ccc2occc2c1. The molecule has 3 nitrogen and oxygen atoms in total. The van der Waals surface area contributed by atoms with Crippen molar-refractivity contribution in [2.24, 2.45) is 0 Å². The van der Waals surface area contributed by atoms with Crippen LogP contribution in [0.4, 0.5) is 5.69 Å². The summed E-state index contributed by atoms with van der Waals surface area (Å²) in [6.07, 6.45) is 2.85. The van der Waals surface area contributed by atoms with Crippen LogP contribution in [-0.2, 0) is 4.79 Å². The molecule has 0 unspecified atom stereocenters. The van der Waals surface area contributed by atoms with Gasteiger partial charge in [-0.1, -0.05) is 6.58 Å². The Bertz CT molecular complexity index is 485. The predicted octanol–water partition coefficient (Wildman–Crippen LogP) is 2.56. The predicted molar refractivity (Wildman–Crippen MR) is 55.0 cm³/mol. The summed E-state index contributed by atoms with van der Waals surface area (Å²) in [5.41, 5.74) is 1.55. The van der Waals surface area contributed by atoms with E-state index in [-0.39, 0.29) is 5.91 Å². The van der Waals surface area contributed by atoms with Crippen molar-refractivity contribution in [3.63, 3.8) is 0 Å². The number of hydrogen-bond donors (Lipinski definition) is 1. The van der Waals surface area contributed by atoms with Gasteiger partial charge in [0.05, 0.1) is 6.26 Å². The van der Waals surface area contributed by atoms with Gasteiger partial charge in [0, 0.05) is 11.1 Å². The number of benzene rings is 1. The van der Waals surface area contributed by atoms with Gasteiger partial charge in [-0.05, 0) is 30.3 Å².